The fraction of sp³-hybridized carbons (Fsp3) is 0.500. The molecule has 1 aliphatic heterocycles. The van der Waals surface area contributed by atoms with E-state index in [9.17, 15) is 4.79 Å². The number of benzene rings is 1. The van der Waals surface area contributed by atoms with Crippen LogP contribution >= 0.6 is 0 Å². The van der Waals surface area contributed by atoms with E-state index < -0.39 is 0 Å². The maximum atomic E-state index is 11.7. The van der Waals surface area contributed by atoms with Crippen LogP contribution in [0, 0.1) is 11.3 Å². The lowest BCUT2D eigenvalue weighted by Crippen LogP contribution is -2.49. The maximum Gasteiger partial charge on any atom is 0.234 e. The quantitative estimate of drug-likeness (QED) is 0.884. The molecule has 1 aliphatic rings. The van der Waals surface area contributed by atoms with Gasteiger partial charge in [-0.3, -0.25) is 9.69 Å². The van der Waals surface area contributed by atoms with E-state index in [-0.39, 0.29) is 5.91 Å². The molecule has 1 heterocycles. The highest BCUT2D eigenvalue weighted by atomic mass is 16.2. The molecule has 0 saturated carbocycles. The zero-order valence-electron chi connectivity index (χ0n) is 12.5. The molecule has 112 valence electrons. The molecule has 1 aromatic rings. The summed E-state index contributed by atoms with van der Waals surface area (Å²) in [5.74, 6) is 0.0997. The monoisotopic (exact) mass is 286 g/mol. The van der Waals surface area contributed by atoms with Crippen molar-refractivity contribution in [3.8, 4) is 6.07 Å². The fourth-order valence-electron chi connectivity index (χ4n) is 2.51. The van der Waals surface area contributed by atoms with Gasteiger partial charge in [0.2, 0.25) is 5.91 Å². The minimum Gasteiger partial charge on any atom is -0.368 e. The molecule has 0 radical (unpaired) electrons. The van der Waals surface area contributed by atoms with Crippen LogP contribution in [-0.4, -0.2) is 50.1 Å². The predicted octanol–water partition coefficient (Wildman–Crippen LogP) is 1.21. The molecule has 5 nitrogen and oxygen atoms in total. The zero-order chi connectivity index (χ0) is 15.1. The molecule has 1 aromatic carbocycles. The summed E-state index contributed by atoms with van der Waals surface area (Å²) >= 11 is 0. The van der Waals surface area contributed by atoms with E-state index >= 15 is 0 Å². The number of nitriles is 1. The minimum absolute atomic E-state index is 0.0997. The number of rotatable bonds is 5. The number of hydrogen-bond donors (Lipinski definition) is 1. The molecule has 0 unspecified atom stereocenters. The second kappa shape index (κ2) is 7.65. The summed E-state index contributed by atoms with van der Waals surface area (Å²) in [5, 5.41) is 12.1. The Morgan fingerprint density at radius 1 is 1.29 bits per heavy atom. The summed E-state index contributed by atoms with van der Waals surface area (Å²) in [5.41, 5.74) is 1.71. The third-order valence-corrected chi connectivity index (χ3v) is 3.68. The number of carbonyl (C=O) groups excluding carboxylic acids is 1. The van der Waals surface area contributed by atoms with Gasteiger partial charge in [0, 0.05) is 32.7 Å². The van der Waals surface area contributed by atoms with Crippen LogP contribution in [-0.2, 0) is 4.79 Å². The summed E-state index contributed by atoms with van der Waals surface area (Å²) in [6, 6.07) is 9.92. The maximum absolute atomic E-state index is 11.7. The van der Waals surface area contributed by atoms with Crippen molar-refractivity contribution < 1.29 is 4.79 Å². The highest BCUT2D eigenvalue weighted by Crippen LogP contribution is 2.20. The molecule has 0 atom stereocenters. The molecule has 0 aromatic heterocycles. The van der Waals surface area contributed by atoms with Crippen molar-refractivity contribution in [1.82, 2.24) is 10.2 Å². The largest absolute Gasteiger partial charge is 0.368 e. The Kier molecular flexibility index (Phi) is 5.59. The van der Waals surface area contributed by atoms with Gasteiger partial charge >= 0.3 is 0 Å². The summed E-state index contributed by atoms with van der Waals surface area (Å²) in [6.07, 6.45) is 0.963. The Balaban J connectivity index is 1.86. The summed E-state index contributed by atoms with van der Waals surface area (Å²) in [7, 11) is 0. The second-order valence-electron chi connectivity index (χ2n) is 5.24. The van der Waals surface area contributed by atoms with Crippen molar-refractivity contribution in [1.29, 1.82) is 5.26 Å². The van der Waals surface area contributed by atoms with Gasteiger partial charge in [0.25, 0.3) is 0 Å². The number of nitrogens with one attached hydrogen (secondary N) is 1. The molecule has 0 spiro atoms. The number of nitrogens with zero attached hydrogens (tertiary/aromatic N) is 3. The summed E-state index contributed by atoms with van der Waals surface area (Å²) in [6.45, 7) is 6.64. The Hall–Kier alpha value is -2.06. The van der Waals surface area contributed by atoms with E-state index in [1.807, 2.05) is 31.2 Å². The molecule has 5 heteroatoms. The first-order valence-electron chi connectivity index (χ1n) is 7.47. The first-order valence-corrected chi connectivity index (χ1v) is 7.47. The number of para-hydroxylation sites is 1. The number of amides is 1. The normalized spacial score (nSPS) is 15.5. The Morgan fingerprint density at radius 3 is 2.67 bits per heavy atom. The van der Waals surface area contributed by atoms with Crippen molar-refractivity contribution in [2.24, 2.45) is 0 Å². The van der Waals surface area contributed by atoms with E-state index in [1.54, 1.807) is 0 Å². The molecule has 1 amide bonds. The van der Waals surface area contributed by atoms with Gasteiger partial charge in [-0.1, -0.05) is 19.1 Å². The van der Waals surface area contributed by atoms with Gasteiger partial charge in [-0.2, -0.15) is 5.26 Å². The first kappa shape index (κ1) is 15.3. The van der Waals surface area contributed by atoms with E-state index in [0.29, 0.717) is 12.1 Å². The molecule has 21 heavy (non-hydrogen) atoms. The fourth-order valence-corrected chi connectivity index (χ4v) is 2.51. The van der Waals surface area contributed by atoms with Gasteiger partial charge in [0.15, 0.2) is 0 Å². The first-order chi connectivity index (χ1) is 10.2. The smallest absolute Gasteiger partial charge is 0.234 e. The van der Waals surface area contributed by atoms with E-state index in [0.717, 1.165) is 44.8 Å². The van der Waals surface area contributed by atoms with Crippen molar-refractivity contribution in [2.45, 2.75) is 13.3 Å². The van der Waals surface area contributed by atoms with Crippen LogP contribution in [0.5, 0.6) is 0 Å². The van der Waals surface area contributed by atoms with Gasteiger partial charge in [0.05, 0.1) is 17.8 Å². The van der Waals surface area contributed by atoms with Crippen molar-refractivity contribution in [3.63, 3.8) is 0 Å². The van der Waals surface area contributed by atoms with Crippen LogP contribution in [0.4, 0.5) is 5.69 Å². The molecule has 1 fully saturated rings. The van der Waals surface area contributed by atoms with Crippen LogP contribution in [0.3, 0.4) is 0 Å². The van der Waals surface area contributed by atoms with Gasteiger partial charge in [-0.25, -0.2) is 0 Å². The lowest BCUT2D eigenvalue weighted by atomic mass is 10.1. The molecule has 0 aliphatic carbocycles. The van der Waals surface area contributed by atoms with Gasteiger partial charge < -0.3 is 10.2 Å². The molecular weight excluding hydrogens is 264 g/mol. The Morgan fingerprint density at radius 2 is 2.00 bits per heavy atom. The Bertz CT molecular complexity index is 515. The predicted molar refractivity (Wildman–Crippen MR) is 83.1 cm³/mol. The minimum atomic E-state index is 0.0997. The van der Waals surface area contributed by atoms with Crippen molar-refractivity contribution in [3.05, 3.63) is 29.8 Å². The number of piperazine rings is 1. The third-order valence-electron chi connectivity index (χ3n) is 3.68. The van der Waals surface area contributed by atoms with E-state index in [1.165, 1.54) is 0 Å². The molecular formula is C16H22N4O. The van der Waals surface area contributed by atoms with Crippen LogP contribution < -0.4 is 10.2 Å². The molecule has 1 N–H and O–H groups in total. The molecule has 2 rings (SSSR count). The van der Waals surface area contributed by atoms with E-state index in [4.69, 9.17) is 5.26 Å². The lowest BCUT2D eigenvalue weighted by Gasteiger charge is -2.36. The van der Waals surface area contributed by atoms with Gasteiger partial charge in [0.1, 0.15) is 6.07 Å². The van der Waals surface area contributed by atoms with Crippen LogP contribution in [0.25, 0.3) is 0 Å². The number of carbonyl (C=O) groups is 1. The number of hydrogen-bond acceptors (Lipinski definition) is 4. The summed E-state index contributed by atoms with van der Waals surface area (Å²) < 4.78 is 0. The van der Waals surface area contributed by atoms with Crippen molar-refractivity contribution in [2.75, 3.05) is 44.2 Å². The second-order valence-corrected chi connectivity index (χ2v) is 5.24. The zero-order valence-corrected chi connectivity index (χ0v) is 12.5. The Labute approximate surface area is 126 Å². The molecule has 1 saturated heterocycles. The highest BCUT2D eigenvalue weighted by molar-refractivity contribution is 5.78. The van der Waals surface area contributed by atoms with Crippen LogP contribution in [0.1, 0.15) is 18.9 Å². The van der Waals surface area contributed by atoms with Crippen molar-refractivity contribution >= 4 is 11.6 Å². The molecule has 0 bridgehead atoms. The van der Waals surface area contributed by atoms with Gasteiger partial charge in [-0.15, -0.1) is 0 Å². The average Bonchev–Trinajstić information content (AvgIpc) is 2.53. The topological polar surface area (TPSA) is 59.4 Å². The van der Waals surface area contributed by atoms with E-state index in [2.05, 4.69) is 21.2 Å². The SMILES string of the molecule is CCCNC(=O)CN1CCN(c2ccccc2C#N)CC1. The highest BCUT2D eigenvalue weighted by Gasteiger charge is 2.20. The lowest BCUT2D eigenvalue weighted by molar-refractivity contribution is -0.122. The van der Waals surface area contributed by atoms with Crippen LogP contribution in [0.15, 0.2) is 24.3 Å². The standard InChI is InChI=1S/C16H22N4O/c1-2-7-18-16(21)13-19-8-10-20(11-9-19)15-6-4-3-5-14(15)12-17/h3-6H,2,7-11,13H2,1H3,(H,18,21). The summed E-state index contributed by atoms with van der Waals surface area (Å²) in [4.78, 5) is 16.1. The number of anilines is 1. The van der Waals surface area contributed by atoms with Gasteiger partial charge in [-0.05, 0) is 18.6 Å². The van der Waals surface area contributed by atoms with Crippen LogP contribution in [0.2, 0.25) is 0 Å². The third kappa shape index (κ3) is 4.20. The average molecular weight is 286 g/mol.